The minimum absolute atomic E-state index is 0.0595. The number of H-pyrrole nitrogens is 1. The van der Waals surface area contributed by atoms with E-state index in [4.69, 9.17) is 9.47 Å². The molecule has 1 aliphatic rings. The Morgan fingerprint density at radius 2 is 1.74 bits per heavy atom. The van der Waals surface area contributed by atoms with Crippen LogP contribution in [0.25, 0.3) is 22.0 Å². The predicted octanol–water partition coefficient (Wildman–Crippen LogP) is 5.27. The Bertz CT molecular complexity index is 2060. The molecule has 0 bridgehead atoms. The highest BCUT2D eigenvalue weighted by molar-refractivity contribution is 5.91. The average Bonchev–Trinajstić information content (AvgIpc) is 3.17. The van der Waals surface area contributed by atoms with Crippen LogP contribution in [0.15, 0.2) is 108 Å². The zero-order chi connectivity index (χ0) is 37.2. The first-order valence-electron chi connectivity index (χ1n) is 17.8. The molecule has 1 saturated heterocycles. The van der Waals surface area contributed by atoms with Gasteiger partial charge < -0.3 is 39.8 Å². The highest BCUT2D eigenvalue weighted by Crippen LogP contribution is 2.29. The molecule has 4 aromatic carbocycles. The Kier molecular flexibility index (Phi) is 12.4. The number of phenols is 1. The predicted molar refractivity (Wildman–Crippen MR) is 204 cm³/mol. The van der Waals surface area contributed by atoms with E-state index in [0.717, 1.165) is 29.8 Å². The summed E-state index contributed by atoms with van der Waals surface area (Å²) in [6.07, 6.45) is -0.0795. The highest BCUT2D eigenvalue weighted by atomic mass is 16.6. The number of aliphatic hydroxyl groups excluding tert-OH is 1. The largest absolute Gasteiger partial charge is 0.506 e. The number of piperidine rings is 1. The highest BCUT2D eigenvalue weighted by Gasteiger charge is 2.23. The molecule has 0 aliphatic carbocycles. The van der Waals surface area contributed by atoms with Crippen LogP contribution in [0.3, 0.4) is 0 Å². The zero-order valence-electron chi connectivity index (χ0n) is 29.7. The van der Waals surface area contributed by atoms with Crippen molar-refractivity contribution in [3.8, 4) is 22.6 Å². The number of aromatic nitrogens is 1. The second kappa shape index (κ2) is 17.7. The number of phenolic OH excluding ortho intramolecular Hbond substituents is 1. The summed E-state index contributed by atoms with van der Waals surface area (Å²) in [4.78, 5) is 43.9. The van der Waals surface area contributed by atoms with Gasteiger partial charge in [0.05, 0.1) is 17.3 Å². The number of hydrogen-bond acceptors (Lipinski definition) is 9. The maximum atomic E-state index is 12.9. The molecular formula is C41H45N5O7. The van der Waals surface area contributed by atoms with Crippen molar-refractivity contribution in [1.29, 1.82) is 0 Å². The van der Waals surface area contributed by atoms with E-state index < -0.39 is 12.2 Å². The smallest absolute Gasteiger partial charge is 0.411 e. The van der Waals surface area contributed by atoms with Crippen LogP contribution < -0.4 is 20.9 Å². The zero-order valence-corrected chi connectivity index (χ0v) is 29.7. The van der Waals surface area contributed by atoms with E-state index in [-0.39, 0.29) is 42.0 Å². The molecule has 0 spiro atoms. The first-order chi connectivity index (χ1) is 25.7. The first-order valence-corrected chi connectivity index (χ1v) is 17.8. The van der Waals surface area contributed by atoms with E-state index in [0.29, 0.717) is 54.9 Å². The van der Waals surface area contributed by atoms with E-state index >= 15 is 0 Å². The summed E-state index contributed by atoms with van der Waals surface area (Å²) >= 11 is 0. The van der Waals surface area contributed by atoms with Gasteiger partial charge in [0, 0.05) is 63.3 Å². The summed E-state index contributed by atoms with van der Waals surface area (Å²) in [5.41, 5.74) is 4.10. The number of pyridine rings is 1. The van der Waals surface area contributed by atoms with E-state index in [1.165, 1.54) is 12.1 Å². The lowest BCUT2D eigenvalue weighted by Crippen LogP contribution is -2.43. The third-order valence-corrected chi connectivity index (χ3v) is 9.43. The molecule has 1 aromatic heterocycles. The van der Waals surface area contributed by atoms with Gasteiger partial charge in [-0.1, -0.05) is 66.7 Å². The van der Waals surface area contributed by atoms with Crippen LogP contribution in [0.2, 0.25) is 0 Å². The van der Waals surface area contributed by atoms with Crippen LogP contribution in [-0.2, 0) is 16.1 Å². The van der Waals surface area contributed by atoms with Gasteiger partial charge in [-0.15, -0.1) is 0 Å². The molecule has 53 heavy (non-hydrogen) atoms. The summed E-state index contributed by atoms with van der Waals surface area (Å²) < 4.78 is 11.6. The fourth-order valence-corrected chi connectivity index (χ4v) is 6.43. The van der Waals surface area contributed by atoms with Crippen molar-refractivity contribution < 1.29 is 29.3 Å². The lowest BCUT2D eigenvalue weighted by atomic mass is 10.0. The number of anilines is 1. The van der Waals surface area contributed by atoms with Crippen molar-refractivity contribution in [2.75, 3.05) is 51.7 Å². The topological polar surface area (TPSA) is 156 Å². The second-order valence-corrected chi connectivity index (χ2v) is 13.2. The minimum Gasteiger partial charge on any atom is -0.506 e. The number of fused-ring (bicyclic) bond motifs is 1. The van der Waals surface area contributed by atoms with Gasteiger partial charge in [0.25, 0.3) is 5.91 Å². The van der Waals surface area contributed by atoms with Crippen molar-refractivity contribution in [2.45, 2.75) is 31.6 Å². The molecular weight excluding hydrogens is 674 g/mol. The molecule has 1 fully saturated rings. The van der Waals surface area contributed by atoms with Crippen LogP contribution in [0, 0.1) is 0 Å². The van der Waals surface area contributed by atoms with Crippen molar-refractivity contribution >= 4 is 28.6 Å². The molecule has 2 heterocycles. The van der Waals surface area contributed by atoms with E-state index in [2.05, 4.69) is 20.5 Å². The number of nitrogens with zero attached hydrogens (tertiary/aromatic N) is 2. The standard InChI is InChI=1S/C41H45N5O7/c1-45(22-23-46-20-18-30(19-21-46)53-41(51)43-35-13-6-5-12-32(35)29-9-3-2-4-10-29)39(50)27-52-31-11-7-8-28(24-31)25-42-26-37(48)33-14-16-36(47)40-34(33)15-17-38(49)44-40/h2-17,24,30,37,42,47-48H,18-23,25-27H2,1H3,(H,43,51)(H,44,49)/t37-/m1/s1. The van der Waals surface area contributed by atoms with E-state index in [1.54, 1.807) is 30.1 Å². The fourth-order valence-electron chi connectivity index (χ4n) is 6.43. The number of ether oxygens (including phenoxy) is 2. The Labute approximate surface area is 308 Å². The van der Waals surface area contributed by atoms with Gasteiger partial charge in [0.2, 0.25) is 5.56 Å². The summed E-state index contributed by atoms with van der Waals surface area (Å²) in [7, 11) is 1.76. The number of benzene rings is 4. The summed E-state index contributed by atoms with van der Waals surface area (Å²) in [5.74, 6) is 0.371. The number of amides is 2. The fraction of sp³-hybridized carbons (Fsp3) is 0.293. The lowest BCUT2D eigenvalue weighted by molar-refractivity contribution is -0.132. The third-order valence-electron chi connectivity index (χ3n) is 9.43. The number of aliphatic hydroxyl groups is 1. The number of carbonyl (C=O) groups excluding carboxylic acids is 2. The summed E-state index contributed by atoms with van der Waals surface area (Å²) in [6.45, 7) is 3.37. The minimum atomic E-state index is -0.878. The van der Waals surface area contributed by atoms with Gasteiger partial charge in [-0.2, -0.15) is 0 Å². The molecule has 1 aliphatic heterocycles. The average molecular weight is 720 g/mol. The van der Waals surface area contributed by atoms with Gasteiger partial charge in [-0.05, 0) is 59.9 Å². The maximum absolute atomic E-state index is 12.9. The first kappa shape index (κ1) is 37.1. The molecule has 0 unspecified atom stereocenters. The third kappa shape index (κ3) is 10.0. The molecule has 0 saturated carbocycles. The van der Waals surface area contributed by atoms with Crippen LogP contribution in [0.1, 0.15) is 30.1 Å². The number of carbonyl (C=O) groups is 2. The molecule has 276 valence electrons. The van der Waals surface area contributed by atoms with Gasteiger partial charge in [0.15, 0.2) is 6.61 Å². The summed E-state index contributed by atoms with van der Waals surface area (Å²) in [5, 5.41) is 27.7. The quantitative estimate of drug-likeness (QED) is 0.103. The number of para-hydroxylation sites is 1. The number of hydrogen-bond donors (Lipinski definition) is 5. The molecule has 12 heteroatoms. The van der Waals surface area contributed by atoms with Crippen molar-refractivity contribution in [1.82, 2.24) is 20.1 Å². The molecule has 2 amide bonds. The number of likely N-dealkylation sites (N-methyl/N-ethyl adjacent to an activating group) is 1. The number of rotatable bonds is 14. The monoisotopic (exact) mass is 719 g/mol. The molecule has 6 rings (SSSR count). The molecule has 5 N–H and O–H groups in total. The Balaban J connectivity index is 0.884. The van der Waals surface area contributed by atoms with Gasteiger partial charge in [-0.25, -0.2) is 4.79 Å². The van der Waals surface area contributed by atoms with Crippen LogP contribution >= 0.6 is 0 Å². The molecule has 0 radical (unpaired) electrons. The Morgan fingerprint density at radius 3 is 2.55 bits per heavy atom. The number of aromatic amines is 1. The second-order valence-electron chi connectivity index (χ2n) is 13.2. The van der Waals surface area contributed by atoms with Crippen molar-refractivity contribution in [3.63, 3.8) is 0 Å². The number of nitrogens with one attached hydrogen (secondary N) is 3. The SMILES string of the molecule is CN(CCN1CCC(OC(=O)Nc2ccccc2-c2ccccc2)CC1)C(=O)COc1cccc(CNC[C@@H](O)c2ccc(O)c3[nH]c(=O)ccc23)c1. The van der Waals surface area contributed by atoms with Crippen LogP contribution in [0.5, 0.6) is 11.5 Å². The summed E-state index contributed by atoms with van der Waals surface area (Å²) in [6, 6.07) is 31.0. The van der Waals surface area contributed by atoms with Crippen LogP contribution in [-0.4, -0.2) is 89.5 Å². The van der Waals surface area contributed by atoms with Gasteiger partial charge in [-0.3, -0.25) is 14.9 Å². The molecule has 5 aromatic rings. The van der Waals surface area contributed by atoms with E-state index in [9.17, 15) is 24.6 Å². The Hall–Kier alpha value is -5.69. The van der Waals surface area contributed by atoms with Crippen molar-refractivity contribution in [3.05, 3.63) is 125 Å². The van der Waals surface area contributed by atoms with Crippen molar-refractivity contribution in [2.24, 2.45) is 0 Å². The normalized spacial score (nSPS) is 14.1. The number of likely N-dealkylation sites (tertiary alicyclic amines) is 1. The van der Waals surface area contributed by atoms with Gasteiger partial charge in [0.1, 0.15) is 17.6 Å². The molecule has 12 nitrogen and oxygen atoms in total. The Morgan fingerprint density at radius 1 is 0.962 bits per heavy atom. The number of aromatic hydroxyl groups is 1. The lowest BCUT2D eigenvalue weighted by Gasteiger charge is -2.32. The van der Waals surface area contributed by atoms with Gasteiger partial charge >= 0.3 is 6.09 Å². The molecule has 1 atom stereocenters. The maximum Gasteiger partial charge on any atom is 0.411 e. The van der Waals surface area contributed by atoms with Crippen LogP contribution in [0.4, 0.5) is 10.5 Å². The van der Waals surface area contributed by atoms with E-state index in [1.807, 2.05) is 72.8 Å².